The molecule has 2 N–H and O–H groups in total. The number of hydrogen-bond donors (Lipinski definition) is 2. The Morgan fingerprint density at radius 2 is 2.00 bits per heavy atom. The van der Waals surface area contributed by atoms with E-state index in [1.165, 1.54) is 6.33 Å². The maximum Gasteiger partial charge on any atom is 0.228 e. The van der Waals surface area contributed by atoms with Gasteiger partial charge in [-0.25, -0.2) is 9.97 Å². The van der Waals surface area contributed by atoms with Crippen molar-refractivity contribution >= 4 is 11.6 Å². The van der Waals surface area contributed by atoms with E-state index in [1.54, 1.807) is 6.92 Å². The Labute approximate surface area is 105 Å². The molecule has 2 rings (SSSR count). The van der Waals surface area contributed by atoms with Crippen molar-refractivity contribution in [2.24, 2.45) is 0 Å². The van der Waals surface area contributed by atoms with Crippen molar-refractivity contribution in [2.45, 2.75) is 20.3 Å². The molecule has 0 atom stereocenters. The fourth-order valence-corrected chi connectivity index (χ4v) is 1.61. The van der Waals surface area contributed by atoms with Gasteiger partial charge in [0.1, 0.15) is 18.0 Å². The number of aryl methyl sites for hydroxylation is 1. The second-order valence-electron chi connectivity index (χ2n) is 3.86. The number of aromatic nitrogens is 4. The van der Waals surface area contributed by atoms with E-state index >= 15 is 0 Å². The van der Waals surface area contributed by atoms with Crippen LogP contribution in [0.15, 0.2) is 10.9 Å². The molecular formula is C11H16N6O. The van der Waals surface area contributed by atoms with Gasteiger partial charge in [-0.2, -0.15) is 4.98 Å². The average Bonchev–Trinajstić information content (AvgIpc) is 2.77. The van der Waals surface area contributed by atoms with Crippen LogP contribution >= 0.6 is 0 Å². The van der Waals surface area contributed by atoms with Crippen molar-refractivity contribution in [3.05, 3.63) is 23.6 Å². The molecule has 0 amide bonds. The van der Waals surface area contributed by atoms with Gasteiger partial charge in [0.05, 0.1) is 0 Å². The maximum atomic E-state index is 5.03. The van der Waals surface area contributed by atoms with Crippen molar-refractivity contribution in [3.8, 4) is 0 Å². The minimum absolute atomic E-state index is 0.626. The highest BCUT2D eigenvalue weighted by Gasteiger charge is 2.06. The van der Waals surface area contributed by atoms with Gasteiger partial charge in [-0.1, -0.05) is 5.16 Å². The van der Waals surface area contributed by atoms with Crippen molar-refractivity contribution in [1.29, 1.82) is 0 Å². The Morgan fingerprint density at radius 1 is 1.22 bits per heavy atom. The quantitative estimate of drug-likeness (QED) is 0.821. The van der Waals surface area contributed by atoms with E-state index in [2.05, 4.69) is 30.7 Å². The fraction of sp³-hybridized carbons (Fsp3) is 0.455. The van der Waals surface area contributed by atoms with Crippen LogP contribution in [0.1, 0.15) is 17.3 Å². The lowest BCUT2D eigenvalue weighted by Gasteiger charge is -2.09. The van der Waals surface area contributed by atoms with Gasteiger partial charge >= 0.3 is 0 Å². The molecule has 0 aliphatic heterocycles. The Bertz CT molecular complexity index is 524. The van der Waals surface area contributed by atoms with Gasteiger partial charge < -0.3 is 15.2 Å². The smallest absolute Gasteiger partial charge is 0.228 e. The Morgan fingerprint density at radius 3 is 2.67 bits per heavy atom. The van der Waals surface area contributed by atoms with E-state index in [-0.39, 0.29) is 0 Å². The normalized spacial score (nSPS) is 10.4. The van der Waals surface area contributed by atoms with Crippen LogP contribution in [0.3, 0.4) is 0 Å². The molecule has 18 heavy (non-hydrogen) atoms. The van der Waals surface area contributed by atoms with E-state index in [4.69, 9.17) is 4.52 Å². The highest BCUT2D eigenvalue weighted by atomic mass is 16.5. The second kappa shape index (κ2) is 5.44. The number of nitrogens with zero attached hydrogens (tertiary/aromatic N) is 4. The zero-order valence-electron chi connectivity index (χ0n) is 10.7. The van der Waals surface area contributed by atoms with Gasteiger partial charge in [-0.3, -0.25) is 0 Å². The molecule has 2 heterocycles. The molecule has 0 aliphatic carbocycles. The zero-order chi connectivity index (χ0) is 13.0. The van der Waals surface area contributed by atoms with Gasteiger partial charge in [0.2, 0.25) is 5.89 Å². The zero-order valence-corrected chi connectivity index (χ0v) is 10.7. The summed E-state index contributed by atoms with van der Waals surface area (Å²) in [5.74, 6) is 2.91. The third-order valence-corrected chi connectivity index (χ3v) is 2.52. The Hall–Kier alpha value is -2.18. The summed E-state index contributed by atoms with van der Waals surface area (Å²) in [6.45, 7) is 4.45. The van der Waals surface area contributed by atoms with Crippen LogP contribution in [-0.4, -0.2) is 33.7 Å². The molecule has 0 saturated heterocycles. The van der Waals surface area contributed by atoms with Crippen LogP contribution in [0.5, 0.6) is 0 Å². The second-order valence-corrected chi connectivity index (χ2v) is 3.86. The molecule has 2 aromatic rings. The third kappa shape index (κ3) is 2.73. The molecule has 2 aromatic heterocycles. The van der Waals surface area contributed by atoms with Gasteiger partial charge in [-0.15, -0.1) is 0 Å². The van der Waals surface area contributed by atoms with Gasteiger partial charge in [0.15, 0.2) is 5.82 Å². The van der Waals surface area contributed by atoms with Crippen molar-refractivity contribution in [1.82, 2.24) is 20.1 Å². The molecule has 0 aliphatic rings. The van der Waals surface area contributed by atoms with E-state index < -0.39 is 0 Å². The number of anilines is 2. The lowest BCUT2D eigenvalue weighted by atomic mass is 10.3. The van der Waals surface area contributed by atoms with Gasteiger partial charge in [0.25, 0.3) is 0 Å². The summed E-state index contributed by atoms with van der Waals surface area (Å²) in [6.07, 6.45) is 2.19. The first-order valence-corrected chi connectivity index (χ1v) is 5.73. The van der Waals surface area contributed by atoms with Crippen LogP contribution in [0.25, 0.3) is 0 Å². The molecule has 0 fully saturated rings. The number of nitrogens with one attached hydrogen (secondary N) is 2. The standard InChI is InChI=1S/C11H16N6O/c1-7-10(12-3)14-6-15-11(7)13-5-4-9-16-8(2)17-18-9/h6H,4-5H2,1-3H3,(H2,12,13,14,15). The molecule has 0 radical (unpaired) electrons. The molecule has 7 heteroatoms. The molecular weight excluding hydrogens is 232 g/mol. The molecule has 0 saturated carbocycles. The first-order valence-electron chi connectivity index (χ1n) is 5.73. The number of rotatable bonds is 5. The summed E-state index contributed by atoms with van der Waals surface area (Å²) in [5.41, 5.74) is 0.988. The van der Waals surface area contributed by atoms with Crippen molar-refractivity contribution in [3.63, 3.8) is 0 Å². The van der Waals surface area contributed by atoms with E-state index in [9.17, 15) is 0 Å². The third-order valence-electron chi connectivity index (χ3n) is 2.52. The SMILES string of the molecule is CNc1ncnc(NCCc2nc(C)no2)c1C. The summed E-state index contributed by atoms with van der Waals surface area (Å²) in [5, 5.41) is 9.98. The van der Waals surface area contributed by atoms with Crippen LogP contribution in [-0.2, 0) is 6.42 Å². The van der Waals surface area contributed by atoms with Crippen molar-refractivity contribution < 1.29 is 4.52 Å². The predicted octanol–water partition coefficient (Wildman–Crippen LogP) is 1.17. The lowest BCUT2D eigenvalue weighted by Crippen LogP contribution is -2.09. The highest BCUT2D eigenvalue weighted by molar-refractivity contribution is 5.55. The molecule has 96 valence electrons. The summed E-state index contributed by atoms with van der Waals surface area (Å²) >= 11 is 0. The Kier molecular flexibility index (Phi) is 3.71. The van der Waals surface area contributed by atoms with E-state index in [1.807, 2.05) is 14.0 Å². The predicted molar refractivity (Wildman–Crippen MR) is 67.5 cm³/mol. The largest absolute Gasteiger partial charge is 0.373 e. The van der Waals surface area contributed by atoms with Gasteiger partial charge in [0, 0.05) is 25.6 Å². The highest BCUT2D eigenvalue weighted by Crippen LogP contribution is 2.17. The fourth-order valence-electron chi connectivity index (χ4n) is 1.61. The van der Waals surface area contributed by atoms with Crippen LogP contribution in [0.4, 0.5) is 11.6 Å². The van der Waals surface area contributed by atoms with Gasteiger partial charge in [-0.05, 0) is 13.8 Å². The molecule has 7 nitrogen and oxygen atoms in total. The first-order chi connectivity index (χ1) is 8.70. The minimum atomic E-state index is 0.626. The van der Waals surface area contributed by atoms with E-state index in [0.717, 1.165) is 17.2 Å². The van der Waals surface area contributed by atoms with Crippen molar-refractivity contribution in [2.75, 3.05) is 24.2 Å². The van der Waals surface area contributed by atoms with Crippen LogP contribution in [0, 0.1) is 13.8 Å². The topological polar surface area (TPSA) is 88.8 Å². The average molecular weight is 248 g/mol. The summed E-state index contributed by atoms with van der Waals surface area (Å²) < 4.78 is 5.03. The van der Waals surface area contributed by atoms with Crippen LogP contribution in [0.2, 0.25) is 0 Å². The first kappa shape index (κ1) is 12.3. The molecule has 0 unspecified atom stereocenters. The van der Waals surface area contributed by atoms with E-state index in [0.29, 0.717) is 24.7 Å². The lowest BCUT2D eigenvalue weighted by molar-refractivity contribution is 0.377. The summed E-state index contributed by atoms with van der Waals surface area (Å²) in [7, 11) is 1.83. The minimum Gasteiger partial charge on any atom is -0.373 e. The number of hydrogen-bond acceptors (Lipinski definition) is 7. The molecule has 0 aromatic carbocycles. The van der Waals surface area contributed by atoms with Crippen LogP contribution < -0.4 is 10.6 Å². The maximum absolute atomic E-state index is 5.03. The Balaban J connectivity index is 1.94. The summed E-state index contributed by atoms with van der Waals surface area (Å²) in [6, 6.07) is 0. The monoisotopic (exact) mass is 248 g/mol. The molecule has 0 bridgehead atoms. The summed E-state index contributed by atoms with van der Waals surface area (Å²) in [4.78, 5) is 12.5. The molecule has 0 spiro atoms.